The lowest BCUT2D eigenvalue weighted by atomic mass is 10.2. The number of nitrogens with one attached hydrogen (secondary N) is 1. The molecule has 9 heteroatoms. The Morgan fingerprint density at radius 1 is 1.24 bits per heavy atom. The van der Waals surface area contributed by atoms with Gasteiger partial charge in [-0.3, -0.25) is 23.8 Å². The summed E-state index contributed by atoms with van der Waals surface area (Å²) in [6.45, 7) is 0.619. The number of rotatable bonds is 4. The molecule has 2 aromatic heterocycles. The third-order valence-electron chi connectivity index (χ3n) is 2.78. The van der Waals surface area contributed by atoms with Gasteiger partial charge in [-0.05, 0) is 5.56 Å². The van der Waals surface area contributed by atoms with Crippen LogP contribution in [0.5, 0.6) is 0 Å². The molecule has 0 aliphatic carbocycles. The summed E-state index contributed by atoms with van der Waals surface area (Å²) in [7, 11) is -1.00. The molecule has 0 saturated carbocycles. The zero-order valence-corrected chi connectivity index (χ0v) is 14.4. The Morgan fingerprint density at radius 2 is 1.92 bits per heavy atom. The maximum Gasteiger partial charge on any atom is 0.171 e. The Kier molecular flexibility index (Phi) is 8.37. The van der Waals surface area contributed by atoms with Crippen LogP contribution in [0.3, 0.4) is 0 Å². The summed E-state index contributed by atoms with van der Waals surface area (Å²) >= 11 is 11.2. The molecule has 3 aromatic rings. The molecule has 6 nitrogen and oxygen atoms in total. The third-order valence-corrected chi connectivity index (χ3v) is 3.37. The van der Waals surface area contributed by atoms with Gasteiger partial charge >= 0.3 is 0 Å². The molecular formula is C16H15Cl2FN4O2. The van der Waals surface area contributed by atoms with Gasteiger partial charge in [-0.25, -0.2) is 0 Å². The molecule has 0 saturated heterocycles. The minimum absolute atomic E-state index is 0.285. The predicted octanol–water partition coefficient (Wildman–Crippen LogP) is 3.86. The number of H-pyrrole nitrogens is 1. The number of alkyl halides is 1. The molecule has 25 heavy (non-hydrogen) atoms. The van der Waals surface area contributed by atoms with Gasteiger partial charge in [0.1, 0.15) is 11.4 Å². The zero-order chi connectivity index (χ0) is 19.4. The van der Waals surface area contributed by atoms with E-state index in [4.69, 9.17) is 24.6 Å². The van der Waals surface area contributed by atoms with Gasteiger partial charge in [0.2, 0.25) is 0 Å². The summed E-state index contributed by atoms with van der Waals surface area (Å²) in [4.78, 5) is 20.5. The van der Waals surface area contributed by atoms with Gasteiger partial charge in [-0.2, -0.15) is 10.2 Å². The highest BCUT2D eigenvalue weighted by Crippen LogP contribution is 2.12. The average Bonchev–Trinajstić information content (AvgIpc) is 3.21. The van der Waals surface area contributed by atoms with Crippen LogP contribution in [0.25, 0.3) is 0 Å². The number of hydrogen-bond acceptors (Lipinski definition) is 4. The number of aromatic nitrogens is 4. The van der Waals surface area contributed by atoms with Crippen molar-refractivity contribution in [3.05, 3.63) is 69.7 Å². The predicted molar refractivity (Wildman–Crippen MR) is 94.2 cm³/mol. The summed E-state index contributed by atoms with van der Waals surface area (Å²) in [5.74, 6) is 0. The van der Waals surface area contributed by atoms with Crippen molar-refractivity contribution in [2.24, 2.45) is 0 Å². The van der Waals surface area contributed by atoms with Crippen LogP contribution < -0.4 is 0 Å². The van der Waals surface area contributed by atoms with Crippen LogP contribution in [-0.4, -0.2) is 39.7 Å². The quantitative estimate of drug-likeness (QED) is 0.691. The van der Waals surface area contributed by atoms with E-state index >= 15 is 0 Å². The molecule has 0 aliphatic rings. The number of aldehydes is 2. The molecule has 2 heterocycles. The maximum atomic E-state index is 10.5. The Morgan fingerprint density at radius 3 is 2.36 bits per heavy atom. The molecule has 1 aromatic carbocycles. The molecule has 0 fully saturated rings. The second-order valence-electron chi connectivity index (χ2n) is 4.41. The van der Waals surface area contributed by atoms with Crippen molar-refractivity contribution in [3.63, 3.8) is 0 Å². The molecule has 0 atom stereocenters. The van der Waals surface area contributed by atoms with Crippen LogP contribution in [-0.2, 0) is 6.54 Å². The standard InChI is InChI=1S/C11H9ClN2O.C4H3ClN2O.CH3F/c12-10-7-14(13-11(10)8-15)6-9-4-2-1-3-5-9;5-3-1-6-7-4(3)2-8;1-2/h1-5,7-8H,6H2;1-2H,(H,6,7);1H3/i;;1D. The fourth-order valence-corrected chi connectivity index (χ4v) is 2.04. The Labute approximate surface area is 155 Å². The van der Waals surface area contributed by atoms with Crippen molar-refractivity contribution in [2.45, 2.75) is 6.54 Å². The summed E-state index contributed by atoms with van der Waals surface area (Å²) in [5.41, 5.74) is 1.73. The molecule has 0 bridgehead atoms. The smallest absolute Gasteiger partial charge is 0.171 e. The van der Waals surface area contributed by atoms with Gasteiger partial charge in [-0.1, -0.05) is 53.5 Å². The number of nitrogens with zero attached hydrogens (tertiary/aromatic N) is 3. The Hall–Kier alpha value is -2.51. The van der Waals surface area contributed by atoms with Gasteiger partial charge in [0.05, 0.1) is 31.3 Å². The van der Waals surface area contributed by atoms with E-state index in [1.807, 2.05) is 30.3 Å². The van der Waals surface area contributed by atoms with Gasteiger partial charge in [0.25, 0.3) is 0 Å². The van der Waals surface area contributed by atoms with Crippen molar-refractivity contribution in [2.75, 3.05) is 7.15 Å². The molecule has 3 rings (SSSR count). The van der Waals surface area contributed by atoms with Crippen LogP contribution in [0.2, 0.25) is 10.0 Å². The van der Waals surface area contributed by atoms with Crippen LogP contribution in [0, 0.1) is 0 Å². The fourth-order valence-electron chi connectivity index (χ4n) is 1.71. The minimum atomic E-state index is -1.00. The van der Waals surface area contributed by atoms with Gasteiger partial charge in [-0.15, -0.1) is 0 Å². The summed E-state index contributed by atoms with van der Waals surface area (Å²) in [5, 5.41) is 10.7. The van der Waals surface area contributed by atoms with Crippen LogP contribution in [0.4, 0.5) is 4.39 Å². The first kappa shape index (κ1) is 18.8. The highest BCUT2D eigenvalue weighted by atomic mass is 35.5. The Bertz CT molecular complexity index is 812. The highest BCUT2D eigenvalue weighted by Gasteiger charge is 2.05. The number of aromatic amines is 1. The monoisotopic (exact) mass is 385 g/mol. The number of halogens is 3. The van der Waals surface area contributed by atoms with E-state index in [0.717, 1.165) is 5.56 Å². The van der Waals surface area contributed by atoms with Crippen LogP contribution >= 0.6 is 23.2 Å². The number of carbonyl (C=O) groups is 2. The lowest BCUT2D eigenvalue weighted by Gasteiger charge is -2.00. The molecule has 0 aliphatic heterocycles. The largest absolute Gasteiger partial charge is 0.296 e. The fraction of sp³-hybridized carbons (Fsp3) is 0.125. The summed E-state index contributed by atoms with van der Waals surface area (Å²) < 4.78 is 17.2. The SMILES string of the molecule is O=Cc1[nH]ncc1Cl.O=Cc1nn(Cc2ccccc2)cc1Cl.[2H]CF. The van der Waals surface area contributed by atoms with E-state index in [2.05, 4.69) is 15.3 Å². The van der Waals surface area contributed by atoms with E-state index in [0.29, 0.717) is 34.9 Å². The molecule has 0 unspecified atom stereocenters. The number of benzene rings is 1. The van der Waals surface area contributed by atoms with Crippen LogP contribution in [0.1, 0.15) is 27.9 Å². The normalized spacial score (nSPS) is 9.80. The topological polar surface area (TPSA) is 80.6 Å². The second kappa shape index (κ2) is 11.1. The van der Waals surface area contributed by atoms with Gasteiger partial charge in [0, 0.05) is 6.20 Å². The van der Waals surface area contributed by atoms with E-state index in [1.54, 1.807) is 10.9 Å². The second-order valence-corrected chi connectivity index (χ2v) is 5.23. The van der Waals surface area contributed by atoms with E-state index in [1.165, 1.54) is 6.20 Å². The first-order valence-electron chi connectivity index (χ1n) is 7.47. The average molecular weight is 386 g/mol. The molecular weight excluding hydrogens is 370 g/mol. The van der Waals surface area contributed by atoms with Crippen molar-refractivity contribution in [1.29, 1.82) is 0 Å². The number of hydrogen-bond donors (Lipinski definition) is 1. The first-order valence-corrected chi connectivity index (χ1v) is 7.52. The summed E-state index contributed by atoms with van der Waals surface area (Å²) in [6.07, 6.45) is 4.31. The molecule has 132 valence electrons. The van der Waals surface area contributed by atoms with Crippen molar-refractivity contribution < 1.29 is 15.4 Å². The van der Waals surface area contributed by atoms with Crippen LogP contribution in [0.15, 0.2) is 42.7 Å². The molecule has 1 N–H and O–H groups in total. The van der Waals surface area contributed by atoms with Crippen molar-refractivity contribution >= 4 is 35.8 Å². The van der Waals surface area contributed by atoms with Gasteiger partial charge < -0.3 is 0 Å². The van der Waals surface area contributed by atoms with Gasteiger partial charge in [0.15, 0.2) is 12.6 Å². The van der Waals surface area contributed by atoms with E-state index in [-0.39, 0.29) is 5.69 Å². The highest BCUT2D eigenvalue weighted by molar-refractivity contribution is 6.32. The minimum Gasteiger partial charge on any atom is -0.296 e. The lowest BCUT2D eigenvalue weighted by molar-refractivity contribution is 0.111. The summed E-state index contributed by atoms with van der Waals surface area (Å²) in [6, 6.07) is 9.87. The van der Waals surface area contributed by atoms with E-state index < -0.39 is 7.15 Å². The molecule has 0 radical (unpaired) electrons. The molecule has 0 amide bonds. The zero-order valence-electron chi connectivity index (χ0n) is 13.9. The first-order chi connectivity index (χ1) is 12.5. The Balaban J connectivity index is 0.000000258. The van der Waals surface area contributed by atoms with Crippen molar-refractivity contribution in [1.82, 2.24) is 20.0 Å². The number of carbonyl (C=O) groups excluding carboxylic acids is 2. The maximum absolute atomic E-state index is 10.5. The lowest BCUT2D eigenvalue weighted by Crippen LogP contribution is -2.00. The molecule has 0 spiro atoms. The third kappa shape index (κ3) is 6.48. The van der Waals surface area contributed by atoms with Crippen molar-refractivity contribution in [3.8, 4) is 0 Å². The van der Waals surface area contributed by atoms with E-state index in [9.17, 15) is 14.0 Å².